The standard InChI is InChI=1S/C11H21N3O2.ClH/c1-8(12-2)7-13-11(16)9-4-5-14(3)10(15)6-9;/h8-9,12H,4-7H2,1-3H3,(H,13,16);1H. The van der Waals surface area contributed by atoms with Gasteiger partial charge in [-0.15, -0.1) is 12.4 Å². The van der Waals surface area contributed by atoms with Crippen LogP contribution in [0.1, 0.15) is 19.8 Å². The Morgan fingerprint density at radius 1 is 1.59 bits per heavy atom. The number of carbonyl (C=O) groups excluding carboxylic acids is 2. The average molecular weight is 264 g/mol. The van der Waals surface area contributed by atoms with Gasteiger partial charge in [0, 0.05) is 38.5 Å². The fourth-order valence-electron chi connectivity index (χ4n) is 1.67. The van der Waals surface area contributed by atoms with Crippen molar-refractivity contribution in [1.82, 2.24) is 15.5 Å². The highest BCUT2D eigenvalue weighted by Crippen LogP contribution is 2.16. The smallest absolute Gasteiger partial charge is 0.223 e. The molecule has 0 aromatic heterocycles. The number of rotatable bonds is 4. The summed E-state index contributed by atoms with van der Waals surface area (Å²) in [6.07, 6.45) is 1.11. The number of piperidine rings is 1. The first-order chi connectivity index (χ1) is 7.54. The molecule has 0 aromatic carbocycles. The number of nitrogens with zero attached hydrogens (tertiary/aromatic N) is 1. The largest absolute Gasteiger partial charge is 0.354 e. The van der Waals surface area contributed by atoms with E-state index in [-0.39, 0.29) is 36.2 Å². The van der Waals surface area contributed by atoms with E-state index in [9.17, 15) is 9.59 Å². The number of nitrogens with one attached hydrogen (secondary N) is 2. The Morgan fingerprint density at radius 2 is 2.24 bits per heavy atom. The molecule has 1 fully saturated rings. The summed E-state index contributed by atoms with van der Waals surface area (Å²) in [6.45, 7) is 3.29. The zero-order chi connectivity index (χ0) is 12.1. The third kappa shape index (κ3) is 4.91. The number of hydrogen-bond donors (Lipinski definition) is 2. The van der Waals surface area contributed by atoms with Crippen LogP contribution in [0.4, 0.5) is 0 Å². The summed E-state index contributed by atoms with van der Waals surface area (Å²) in [5.74, 6) is -0.0793. The van der Waals surface area contributed by atoms with Crippen LogP contribution in [0.3, 0.4) is 0 Å². The van der Waals surface area contributed by atoms with Gasteiger partial charge in [-0.25, -0.2) is 0 Å². The first kappa shape index (κ1) is 16.2. The molecule has 5 nitrogen and oxygen atoms in total. The lowest BCUT2D eigenvalue weighted by molar-refractivity contribution is -0.139. The summed E-state index contributed by atoms with van der Waals surface area (Å²) < 4.78 is 0. The van der Waals surface area contributed by atoms with Gasteiger partial charge in [0.2, 0.25) is 11.8 Å². The molecule has 0 radical (unpaired) electrons. The Morgan fingerprint density at radius 3 is 2.76 bits per heavy atom. The van der Waals surface area contributed by atoms with Crippen molar-refractivity contribution < 1.29 is 9.59 Å². The van der Waals surface area contributed by atoms with Gasteiger partial charge in [-0.1, -0.05) is 0 Å². The Kier molecular flexibility index (Phi) is 7.15. The molecule has 6 heteroatoms. The van der Waals surface area contributed by atoms with E-state index >= 15 is 0 Å². The lowest BCUT2D eigenvalue weighted by atomic mass is 9.95. The van der Waals surface area contributed by atoms with Crippen molar-refractivity contribution in [3.63, 3.8) is 0 Å². The van der Waals surface area contributed by atoms with Gasteiger partial charge in [0.25, 0.3) is 0 Å². The molecule has 2 amide bonds. The number of likely N-dealkylation sites (N-methyl/N-ethyl adjacent to an activating group) is 1. The number of amides is 2. The van der Waals surface area contributed by atoms with E-state index in [0.29, 0.717) is 19.5 Å². The zero-order valence-electron chi connectivity index (χ0n) is 10.7. The second-order valence-electron chi connectivity index (χ2n) is 4.44. The Balaban J connectivity index is 0.00000256. The van der Waals surface area contributed by atoms with Crippen LogP contribution in [0.25, 0.3) is 0 Å². The van der Waals surface area contributed by atoms with Gasteiger partial charge >= 0.3 is 0 Å². The summed E-state index contributed by atoms with van der Waals surface area (Å²) in [6, 6.07) is 0.255. The summed E-state index contributed by atoms with van der Waals surface area (Å²) in [5.41, 5.74) is 0. The van der Waals surface area contributed by atoms with Crippen LogP contribution in [0.15, 0.2) is 0 Å². The number of carbonyl (C=O) groups is 2. The highest BCUT2D eigenvalue weighted by molar-refractivity contribution is 5.86. The maximum absolute atomic E-state index is 11.8. The van der Waals surface area contributed by atoms with E-state index < -0.39 is 0 Å². The molecule has 0 saturated carbocycles. The molecule has 100 valence electrons. The van der Waals surface area contributed by atoms with Crippen LogP contribution in [-0.4, -0.2) is 49.9 Å². The van der Waals surface area contributed by atoms with Gasteiger partial charge in [0.1, 0.15) is 0 Å². The number of likely N-dealkylation sites (tertiary alicyclic amines) is 1. The molecule has 0 aliphatic carbocycles. The van der Waals surface area contributed by atoms with Crippen molar-refractivity contribution in [3.8, 4) is 0 Å². The van der Waals surface area contributed by atoms with Crippen LogP contribution in [0.2, 0.25) is 0 Å². The number of halogens is 1. The fourth-order valence-corrected chi connectivity index (χ4v) is 1.67. The topological polar surface area (TPSA) is 61.4 Å². The molecule has 2 N–H and O–H groups in total. The van der Waals surface area contributed by atoms with E-state index in [2.05, 4.69) is 10.6 Å². The van der Waals surface area contributed by atoms with Crippen LogP contribution >= 0.6 is 12.4 Å². The second-order valence-corrected chi connectivity index (χ2v) is 4.44. The lowest BCUT2D eigenvalue weighted by Gasteiger charge is -2.28. The minimum absolute atomic E-state index is 0. The minimum Gasteiger partial charge on any atom is -0.354 e. The summed E-state index contributed by atoms with van der Waals surface area (Å²) >= 11 is 0. The van der Waals surface area contributed by atoms with Crippen LogP contribution in [0.5, 0.6) is 0 Å². The SMILES string of the molecule is CNC(C)CNC(=O)C1CCN(C)C(=O)C1.Cl. The van der Waals surface area contributed by atoms with Gasteiger partial charge in [0.15, 0.2) is 0 Å². The average Bonchev–Trinajstić information content (AvgIpc) is 2.29. The highest BCUT2D eigenvalue weighted by Gasteiger charge is 2.28. The van der Waals surface area contributed by atoms with Crippen LogP contribution in [-0.2, 0) is 9.59 Å². The third-order valence-electron chi connectivity index (χ3n) is 3.11. The van der Waals surface area contributed by atoms with Gasteiger partial charge in [0.05, 0.1) is 0 Å². The quantitative estimate of drug-likeness (QED) is 0.751. The Hall–Kier alpha value is -0.810. The molecule has 17 heavy (non-hydrogen) atoms. The third-order valence-corrected chi connectivity index (χ3v) is 3.11. The summed E-state index contributed by atoms with van der Waals surface area (Å²) in [5, 5.41) is 5.92. The van der Waals surface area contributed by atoms with Crippen molar-refractivity contribution >= 4 is 24.2 Å². The fraction of sp³-hybridized carbons (Fsp3) is 0.818. The number of hydrogen-bond acceptors (Lipinski definition) is 3. The van der Waals surface area contributed by atoms with Gasteiger partial charge in [-0.3, -0.25) is 9.59 Å². The maximum atomic E-state index is 11.8. The van der Waals surface area contributed by atoms with E-state index in [1.165, 1.54) is 0 Å². The molecule has 0 aromatic rings. The van der Waals surface area contributed by atoms with Gasteiger partial charge in [-0.2, -0.15) is 0 Å². The molecule has 2 unspecified atom stereocenters. The van der Waals surface area contributed by atoms with Crippen molar-refractivity contribution in [1.29, 1.82) is 0 Å². The predicted molar refractivity (Wildman–Crippen MR) is 69.1 cm³/mol. The molecule has 0 bridgehead atoms. The minimum atomic E-state index is -0.146. The van der Waals surface area contributed by atoms with Gasteiger partial charge < -0.3 is 15.5 Å². The maximum Gasteiger partial charge on any atom is 0.223 e. The molecule has 1 rings (SSSR count). The first-order valence-corrected chi connectivity index (χ1v) is 5.73. The van der Waals surface area contributed by atoms with Gasteiger partial charge in [-0.05, 0) is 20.4 Å². The zero-order valence-corrected chi connectivity index (χ0v) is 11.5. The molecule has 1 aliphatic rings. The first-order valence-electron chi connectivity index (χ1n) is 5.73. The molecular weight excluding hydrogens is 242 g/mol. The molecule has 1 aliphatic heterocycles. The van der Waals surface area contributed by atoms with Crippen LogP contribution in [0, 0.1) is 5.92 Å². The van der Waals surface area contributed by atoms with Crippen molar-refractivity contribution in [2.24, 2.45) is 5.92 Å². The van der Waals surface area contributed by atoms with Crippen molar-refractivity contribution in [2.75, 3.05) is 27.2 Å². The normalized spacial score (nSPS) is 21.7. The molecular formula is C11H22ClN3O2. The monoisotopic (exact) mass is 263 g/mol. The van der Waals surface area contributed by atoms with Crippen molar-refractivity contribution in [3.05, 3.63) is 0 Å². The molecule has 1 saturated heterocycles. The predicted octanol–water partition coefficient (Wildman–Crippen LogP) is 0.000700. The second kappa shape index (κ2) is 7.50. The summed E-state index contributed by atoms with van der Waals surface area (Å²) in [7, 11) is 3.63. The van der Waals surface area contributed by atoms with Crippen molar-refractivity contribution in [2.45, 2.75) is 25.8 Å². The molecule has 2 atom stereocenters. The lowest BCUT2D eigenvalue weighted by Crippen LogP contribution is -2.44. The Bertz CT molecular complexity index is 273. The molecule has 0 spiro atoms. The van der Waals surface area contributed by atoms with E-state index in [4.69, 9.17) is 0 Å². The summed E-state index contributed by atoms with van der Waals surface area (Å²) in [4.78, 5) is 24.9. The molecule has 1 heterocycles. The Labute approximate surface area is 109 Å². The highest BCUT2D eigenvalue weighted by atomic mass is 35.5. The van der Waals surface area contributed by atoms with Crippen LogP contribution < -0.4 is 10.6 Å². The van der Waals surface area contributed by atoms with E-state index in [0.717, 1.165) is 6.42 Å². The van der Waals surface area contributed by atoms with E-state index in [1.54, 1.807) is 11.9 Å². The van der Waals surface area contributed by atoms with E-state index in [1.807, 2.05) is 14.0 Å².